The van der Waals surface area contributed by atoms with E-state index in [0.29, 0.717) is 22.8 Å². The van der Waals surface area contributed by atoms with Crippen LogP contribution in [0.5, 0.6) is 0 Å². The molecule has 0 spiro atoms. The Labute approximate surface area is 129 Å². The number of aromatic carboxylic acids is 1. The van der Waals surface area contributed by atoms with E-state index in [1.807, 2.05) is 6.92 Å². The molecule has 0 saturated carbocycles. The number of aromatic nitrogens is 2. The average Bonchev–Trinajstić information content (AvgIpc) is 2.77. The van der Waals surface area contributed by atoms with E-state index in [1.165, 1.54) is 6.33 Å². The Bertz CT molecular complexity index is 699. The van der Waals surface area contributed by atoms with Gasteiger partial charge in [-0.2, -0.15) is 0 Å². The zero-order valence-corrected chi connectivity index (χ0v) is 13.7. The minimum atomic E-state index is -0.948. The smallest absolute Gasteiger partial charge is 0.346 e. The zero-order valence-electron chi connectivity index (χ0n) is 12.0. The number of rotatable bonds is 6. The van der Waals surface area contributed by atoms with Gasteiger partial charge in [0, 0.05) is 28.9 Å². The summed E-state index contributed by atoms with van der Waals surface area (Å²) in [4.78, 5) is 20.5. The fraction of sp³-hybridized carbons (Fsp3) is 0.462. The Morgan fingerprint density at radius 2 is 2.24 bits per heavy atom. The van der Waals surface area contributed by atoms with Crippen LogP contribution in [0, 0.1) is 6.92 Å². The number of anilines is 1. The molecule has 21 heavy (non-hydrogen) atoms. The highest BCUT2D eigenvalue weighted by Gasteiger charge is 2.18. The molecule has 2 rings (SSSR count). The minimum Gasteiger partial charge on any atom is -0.477 e. The van der Waals surface area contributed by atoms with E-state index in [2.05, 4.69) is 15.3 Å². The highest BCUT2D eigenvalue weighted by molar-refractivity contribution is 7.84. The largest absolute Gasteiger partial charge is 0.477 e. The van der Waals surface area contributed by atoms with Gasteiger partial charge in [-0.3, -0.25) is 4.21 Å². The van der Waals surface area contributed by atoms with E-state index >= 15 is 0 Å². The standard InChI is InChI=1S/C13H17N3O3S2/c1-7(21(3)19)4-5-14-11-9-8(2)10(13(17)18)20-12(9)16-6-15-11/h6-7H,4-5H2,1-3H3,(H,17,18)(H,14,15,16). The number of nitrogens with one attached hydrogen (secondary N) is 1. The van der Waals surface area contributed by atoms with Gasteiger partial charge < -0.3 is 10.4 Å². The first-order valence-electron chi connectivity index (χ1n) is 6.45. The molecule has 0 aromatic carbocycles. The lowest BCUT2D eigenvalue weighted by Crippen LogP contribution is -2.15. The molecule has 0 saturated heterocycles. The fourth-order valence-corrected chi connectivity index (χ4v) is 3.41. The number of carboxylic acid groups (broad SMARTS) is 1. The first-order chi connectivity index (χ1) is 9.91. The van der Waals surface area contributed by atoms with E-state index in [9.17, 15) is 14.1 Å². The summed E-state index contributed by atoms with van der Waals surface area (Å²) < 4.78 is 11.3. The van der Waals surface area contributed by atoms with Crippen LogP contribution in [0.2, 0.25) is 0 Å². The van der Waals surface area contributed by atoms with Gasteiger partial charge in [0.2, 0.25) is 0 Å². The van der Waals surface area contributed by atoms with Gasteiger partial charge >= 0.3 is 5.97 Å². The van der Waals surface area contributed by atoms with Gasteiger partial charge in [-0.15, -0.1) is 11.3 Å². The molecule has 0 fully saturated rings. The molecule has 6 nitrogen and oxygen atoms in total. The SMILES string of the molecule is Cc1c(C(=O)O)sc2ncnc(NCCC(C)S(C)=O)c12. The van der Waals surface area contributed by atoms with Crippen LogP contribution >= 0.6 is 11.3 Å². The molecule has 0 aliphatic heterocycles. The van der Waals surface area contributed by atoms with Crippen molar-refractivity contribution in [2.75, 3.05) is 18.1 Å². The van der Waals surface area contributed by atoms with Crippen LogP contribution in [0.3, 0.4) is 0 Å². The lowest BCUT2D eigenvalue weighted by molar-refractivity contribution is 0.0701. The molecule has 114 valence electrons. The number of carbonyl (C=O) groups is 1. The molecular weight excluding hydrogens is 310 g/mol. The van der Waals surface area contributed by atoms with E-state index < -0.39 is 16.8 Å². The lowest BCUT2D eigenvalue weighted by Gasteiger charge is -2.10. The topological polar surface area (TPSA) is 92.2 Å². The molecule has 2 aromatic rings. The molecule has 0 amide bonds. The summed E-state index contributed by atoms with van der Waals surface area (Å²) in [5.74, 6) is -0.313. The van der Waals surface area contributed by atoms with Crippen LogP contribution in [0.25, 0.3) is 10.2 Å². The van der Waals surface area contributed by atoms with Crippen molar-refractivity contribution in [2.45, 2.75) is 25.5 Å². The average molecular weight is 327 g/mol. The van der Waals surface area contributed by atoms with Crippen molar-refractivity contribution in [1.29, 1.82) is 0 Å². The Kier molecular flexibility index (Phi) is 4.89. The Morgan fingerprint density at radius 1 is 1.52 bits per heavy atom. The predicted molar refractivity (Wildman–Crippen MR) is 85.7 cm³/mol. The number of thiophene rings is 1. The van der Waals surface area contributed by atoms with Gasteiger partial charge in [0.05, 0.1) is 5.39 Å². The van der Waals surface area contributed by atoms with Gasteiger partial charge in [-0.25, -0.2) is 14.8 Å². The number of nitrogens with zero attached hydrogens (tertiary/aromatic N) is 2. The van der Waals surface area contributed by atoms with Crippen molar-refractivity contribution >= 4 is 44.1 Å². The number of aryl methyl sites for hydroxylation is 1. The quantitative estimate of drug-likeness (QED) is 0.845. The van der Waals surface area contributed by atoms with Crippen LogP contribution in [0.4, 0.5) is 5.82 Å². The third-order valence-electron chi connectivity index (χ3n) is 3.33. The van der Waals surface area contributed by atoms with Gasteiger partial charge in [-0.05, 0) is 18.9 Å². The van der Waals surface area contributed by atoms with Gasteiger partial charge in [-0.1, -0.05) is 6.92 Å². The molecule has 2 atom stereocenters. The molecular formula is C13H17N3O3S2. The molecule has 8 heteroatoms. The summed E-state index contributed by atoms with van der Waals surface area (Å²) in [7, 11) is -0.850. The lowest BCUT2D eigenvalue weighted by atomic mass is 10.2. The summed E-state index contributed by atoms with van der Waals surface area (Å²) in [5.41, 5.74) is 0.678. The second-order valence-electron chi connectivity index (χ2n) is 4.79. The van der Waals surface area contributed by atoms with E-state index in [1.54, 1.807) is 13.2 Å². The van der Waals surface area contributed by atoms with E-state index in [0.717, 1.165) is 23.1 Å². The van der Waals surface area contributed by atoms with Crippen LogP contribution in [-0.4, -0.2) is 43.3 Å². The van der Waals surface area contributed by atoms with Crippen LogP contribution in [-0.2, 0) is 10.8 Å². The van der Waals surface area contributed by atoms with Crippen LogP contribution in [0.1, 0.15) is 28.6 Å². The van der Waals surface area contributed by atoms with Crippen molar-refractivity contribution in [3.05, 3.63) is 16.8 Å². The van der Waals surface area contributed by atoms with Crippen LogP contribution < -0.4 is 5.32 Å². The number of hydrogen-bond donors (Lipinski definition) is 2. The third-order valence-corrected chi connectivity index (χ3v) is 5.89. The van der Waals surface area contributed by atoms with E-state index in [4.69, 9.17) is 0 Å². The second-order valence-corrected chi connectivity index (χ2v) is 7.59. The highest BCUT2D eigenvalue weighted by atomic mass is 32.2. The fourth-order valence-electron chi connectivity index (χ4n) is 1.97. The molecule has 2 aromatic heterocycles. The summed E-state index contributed by atoms with van der Waals surface area (Å²) in [6.45, 7) is 4.33. The Hall–Kier alpha value is -1.54. The first kappa shape index (κ1) is 15.8. The van der Waals surface area contributed by atoms with E-state index in [-0.39, 0.29) is 10.1 Å². The number of hydrogen-bond acceptors (Lipinski definition) is 6. The zero-order chi connectivity index (χ0) is 15.6. The normalized spacial score (nSPS) is 14.0. The molecule has 2 unspecified atom stereocenters. The maximum atomic E-state index is 11.3. The van der Waals surface area contributed by atoms with Crippen molar-refractivity contribution in [1.82, 2.24) is 9.97 Å². The van der Waals surface area contributed by atoms with Crippen molar-refractivity contribution in [2.24, 2.45) is 0 Å². The minimum absolute atomic E-state index is 0.105. The van der Waals surface area contributed by atoms with Crippen molar-refractivity contribution in [3.63, 3.8) is 0 Å². The van der Waals surface area contributed by atoms with Crippen molar-refractivity contribution < 1.29 is 14.1 Å². The van der Waals surface area contributed by atoms with Gasteiger partial charge in [0.15, 0.2) is 0 Å². The molecule has 0 radical (unpaired) electrons. The number of fused-ring (bicyclic) bond motifs is 1. The van der Waals surface area contributed by atoms with Gasteiger partial charge in [0.1, 0.15) is 21.9 Å². The number of carboxylic acids is 1. The molecule has 0 aliphatic rings. The molecule has 2 N–H and O–H groups in total. The maximum Gasteiger partial charge on any atom is 0.346 e. The summed E-state index contributed by atoms with van der Waals surface area (Å²) >= 11 is 1.15. The molecule has 0 bridgehead atoms. The third kappa shape index (κ3) is 3.38. The van der Waals surface area contributed by atoms with Crippen LogP contribution in [0.15, 0.2) is 6.33 Å². The Balaban J connectivity index is 2.24. The summed E-state index contributed by atoms with van der Waals surface area (Å²) in [6, 6.07) is 0. The Morgan fingerprint density at radius 3 is 2.86 bits per heavy atom. The van der Waals surface area contributed by atoms with Gasteiger partial charge in [0.25, 0.3) is 0 Å². The first-order valence-corrected chi connectivity index (χ1v) is 8.89. The highest BCUT2D eigenvalue weighted by Crippen LogP contribution is 2.33. The van der Waals surface area contributed by atoms with Crippen molar-refractivity contribution in [3.8, 4) is 0 Å². The monoisotopic (exact) mass is 327 g/mol. The maximum absolute atomic E-state index is 11.3. The molecule has 2 heterocycles. The summed E-state index contributed by atoms with van der Waals surface area (Å²) in [6.07, 6.45) is 3.87. The molecule has 0 aliphatic carbocycles. The summed E-state index contributed by atoms with van der Waals surface area (Å²) in [5, 5.41) is 13.2. The second kappa shape index (κ2) is 6.48. The predicted octanol–water partition coefficient (Wildman–Crippen LogP) is 2.27.